The number of rotatable bonds is 1. The first-order valence-electron chi connectivity index (χ1n) is 5.13. The molecule has 0 bridgehead atoms. The second-order valence-electron chi connectivity index (χ2n) is 4.10. The fourth-order valence-corrected chi connectivity index (χ4v) is 2.18. The molecule has 76 valence electrons. The largest absolute Gasteiger partial charge is 0.366 e. The smallest absolute Gasteiger partial charge is 0.166 e. The Balaban J connectivity index is 2.43. The normalized spacial score (nSPS) is 33.9. The SMILES string of the molecule is CNC(=S)N[C@H]1CCC[C@H](C)[C@@H]1C. The van der Waals surface area contributed by atoms with Crippen LogP contribution in [-0.4, -0.2) is 18.2 Å². The molecule has 3 heteroatoms. The maximum Gasteiger partial charge on any atom is 0.166 e. The summed E-state index contributed by atoms with van der Waals surface area (Å²) < 4.78 is 0. The number of nitrogens with one attached hydrogen (secondary N) is 2. The Hall–Kier alpha value is -0.310. The maximum atomic E-state index is 5.11. The molecule has 2 N–H and O–H groups in total. The van der Waals surface area contributed by atoms with Crippen molar-refractivity contribution in [3.63, 3.8) is 0 Å². The molecule has 1 saturated carbocycles. The first-order valence-corrected chi connectivity index (χ1v) is 5.54. The highest BCUT2D eigenvalue weighted by atomic mass is 32.1. The van der Waals surface area contributed by atoms with Gasteiger partial charge in [-0.3, -0.25) is 0 Å². The van der Waals surface area contributed by atoms with Gasteiger partial charge < -0.3 is 10.6 Å². The van der Waals surface area contributed by atoms with Gasteiger partial charge in [0.15, 0.2) is 5.11 Å². The lowest BCUT2D eigenvalue weighted by molar-refractivity contribution is 0.224. The zero-order valence-electron chi connectivity index (χ0n) is 8.76. The summed E-state index contributed by atoms with van der Waals surface area (Å²) in [6, 6.07) is 0.573. The quantitative estimate of drug-likeness (QED) is 0.632. The van der Waals surface area contributed by atoms with E-state index in [9.17, 15) is 0 Å². The van der Waals surface area contributed by atoms with E-state index >= 15 is 0 Å². The van der Waals surface area contributed by atoms with Gasteiger partial charge in [-0.2, -0.15) is 0 Å². The van der Waals surface area contributed by atoms with Crippen LogP contribution in [0.4, 0.5) is 0 Å². The average molecular weight is 200 g/mol. The van der Waals surface area contributed by atoms with Gasteiger partial charge in [0.05, 0.1) is 0 Å². The van der Waals surface area contributed by atoms with Crippen LogP contribution in [0.3, 0.4) is 0 Å². The van der Waals surface area contributed by atoms with Crippen molar-refractivity contribution in [3.05, 3.63) is 0 Å². The van der Waals surface area contributed by atoms with Crippen LogP contribution in [0.1, 0.15) is 33.1 Å². The van der Waals surface area contributed by atoms with Crippen LogP contribution in [0.5, 0.6) is 0 Å². The standard InChI is InChI=1S/C10H20N2S/c1-7-5-4-6-9(8(7)2)12-10(13)11-3/h7-9H,4-6H2,1-3H3,(H2,11,12,13)/t7-,8-,9-/m0/s1. The molecule has 1 aliphatic carbocycles. The van der Waals surface area contributed by atoms with Crippen LogP contribution in [0, 0.1) is 11.8 Å². The Morgan fingerprint density at radius 2 is 2.00 bits per heavy atom. The minimum atomic E-state index is 0.573. The lowest BCUT2D eigenvalue weighted by Gasteiger charge is -2.35. The van der Waals surface area contributed by atoms with Crippen molar-refractivity contribution in [2.24, 2.45) is 11.8 Å². The lowest BCUT2D eigenvalue weighted by atomic mass is 9.78. The van der Waals surface area contributed by atoms with Crippen LogP contribution < -0.4 is 10.6 Å². The molecule has 1 rings (SSSR count). The van der Waals surface area contributed by atoms with E-state index in [1.54, 1.807) is 0 Å². The zero-order valence-corrected chi connectivity index (χ0v) is 9.58. The molecular weight excluding hydrogens is 180 g/mol. The van der Waals surface area contributed by atoms with Gasteiger partial charge in [-0.05, 0) is 30.5 Å². The molecule has 0 aromatic heterocycles. The monoisotopic (exact) mass is 200 g/mol. The van der Waals surface area contributed by atoms with Gasteiger partial charge in [0, 0.05) is 13.1 Å². The first kappa shape index (κ1) is 10.8. The summed E-state index contributed by atoms with van der Waals surface area (Å²) in [6.07, 6.45) is 3.95. The van der Waals surface area contributed by atoms with Gasteiger partial charge in [0.25, 0.3) is 0 Å². The molecule has 0 unspecified atom stereocenters. The molecule has 0 radical (unpaired) electrons. The second-order valence-corrected chi connectivity index (χ2v) is 4.51. The van der Waals surface area contributed by atoms with E-state index < -0.39 is 0 Å². The van der Waals surface area contributed by atoms with Gasteiger partial charge in [0.1, 0.15) is 0 Å². The number of hydrogen-bond donors (Lipinski definition) is 2. The van der Waals surface area contributed by atoms with E-state index in [0.717, 1.165) is 16.9 Å². The maximum absolute atomic E-state index is 5.11. The van der Waals surface area contributed by atoms with Crippen molar-refractivity contribution in [3.8, 4) is 0 Å². The molecule has 0 saturated heterocycles. The van der Waals surface area contributed by atoms with Gasteiger partial charge in [-0.25, -0.2) is 0 Å². The van der Waals surface area contributed by atoms with E-state index in [0.29, 0.717) is 6.04 Å². The van der Waals surface area contributed by atoms with Crippen molar-refractivity contribution in [1.29, 1.82) is 0 Å². The summed E-state index contributed by atoms with van der Waals surface area (Å²) in [4.78, 5) is 0. The third-order valence-electron chi connectivity index (χ3n) is 3.25. The average Bonchev–Trinajstić information content (AvgIpc) is 2.13. The van der Waals surface area contributed by atoms with Crippen molar-refractivity contribution >= 4 is 17.3 Å². The Labute approximate surface area is 86.5 Å². The highest BCUT2D eigenvalue weighted by molar-refractivity contribution is 7.80. The van der Waals surface area contributed by atoms with E-state index in [2.05, 4.69) is 24.5 Å². The molecule has 0 aromatic carbocycles. The number of thiocarbonyl (C=S) groups is 1. The molecule has 0 spiro atoms. The van der Waals surface area contributed by atoms with Crippen molar-refractivity contribution in [2.75, 3.05) is 7.05 Å². The van der Waals surface area contributed by atoms with Gasteiger partial charge in [-0.15, -0.1) is 0 Å². The summed E-state index contributed by atoms with van der Waals surface area (Å²) in [5, 5.41) is 7.12. The van der Waals surface area contributed by atoms with Crippen molar-refractivity contribution in [1.82, 2.24) is 10.6 Å². The molecular formula is C10H20N2S. The highest BCUT2D eigenvalue weighted by Gasteiger charge is 2.26. The van der Waals surface area contributed by atoms with Gasteiger partial charge in [-0.1, -0.05) is 26.7 Å². The lowest BCUT2D eigenvalue weighted by Crippen LogP contribution is -2.46. The minimum Gasteiger partial charge on any atom is -0.366 e. The van der Waals surface area contributed by atoms with Crippen LogP contribution in [0.15, 0.2) is 0 Å². The first-order chi connectivity index (χ1) is 6.15. The van der Waals surface area contributed by atoms with E-state index in [4.69, 9.17) is 12.2 Å². The molecule has 1 fully saturated rings. The summed E-state index contributed by atoms with van der Waals surface area (Å²) in [5.41, 5.74) is 0. The minimum absolute atomic E-state index is 0.573. The van der Waals surface area contributed by atoms with Crippen molar-refractivity contribution < 1.29 is 0 Å². The summed E-state index contributed by atoms with van der Waals surface area (Å²) in [5.74, 6) is 1.56. The predicted molar refractivity (Wildman–Crippen MR) is 60.8 cm³/mol. The molecule has 0 aromatic rings. The molecule has 1 aliphatic rings. The van der Waals surface area contributed by atoms with Crippen molar-refractivity contribution in [2.45, 2.75) is 39.2 Å². The Morgan fingerprint density at radius 3 is 2.62 bits per heavy atom. The molecule has 3 atom stereocenters. The third-order valence-corrected chi connectivity index (χ3v) is 3.57. The summed E-state index contributed by atoms with van der Waals surface area (Å²) in [6.45, 7) is 4.65. The molecule has 2 nitrogen and oxygen atoms in total. The van der Waals surface area contributed by atoms with Crippen LogP contribution in [0.25, 0.3) is 0 Å². The third kappa shape index (κ3) is 2.83. The van der Waals surface area contributed by atoms with Crippen LogP contribution >= 0.6 is 12.2 Å². The van der Waals surface area contributed by atoms with Gasteiger partial charge in [0.2, 0.25) is 0 Å². The zero-order chi connectivity index (χ0) is 9.84. The fourth-order valence-electron chi connectivity index (χ4n) is 2.03. The molecule has 0 amide bonds. The van der Waals surface area contributed by atoms with Crippen LogP contribution in [0.2, 0.25) is 0 Å². The number of hydrogen-bond acceptors (Lipinski definition) is 1. The second kappa shape index (κ2) is 4.80. The van der Waals surface area contributed by atoms with E-state index in [1.165, 1.54) is 19.3 Å². The van der Waals surface area contributed by atoms with E-state index in [-0.39, 0.29) is 0 Å². The predicted octanol–water partition coefficient (Wildman–Crippen LogP) is 1.90. The Kier molecular flexibility index (Phi) is 3.97. The summed E-state index contributed by atoms with van der Waals surface area (Å²) >= 11 is 5.11. The Morgan fingerprint density at radius 1 is 1.31 bits per heavy atom. The topological polar surface area (TPSA) is 24.1 Å². The fraction of sp³-hybridized carbons (Fsp3) is 0.900. The molecule has 0 aliphatic heterocycles. The highest BCUT2D eigenvalue weighted by Crippen LogP contribution is 2.29. The van der Waals surface area contributed by atoms with Crippen LogP contribution in [-0.2, 0) is 0 Å². The van der Waals surface area contributed by atoms with E-state index in [1.807, 2.05) is 7.05 Å². The molecule has 13 heavy (non-hydrogen) atoms. The van der Waals surface area contributed by atoms with Gasteiger partial charge >= 0.3 is 0 Å². The summed E-state index contributed by atoms with van der Waals surface area (Å²) in [7, 11) is 1.87. The Bertz CT molecular complexity index is 182. The molecule has 0 heterocycles.